The Morgan fingerprint density at radius 1 is 1.06 bits per heavy atom. The van der Waals surface area contributed by atoms with Crippen LogP contribution in [0, 0.1) is 0 Å². The summed E-state index contributed by atoms with van der Waals surface area (Å²) < 4.78 is 2.43. The van der Waals surface area contributed by atoms with E-state index in [4.69, 9.17) is 11.6 Å². The van der Waals surface area contributed by atoms with Gasteiger partial charge < -0.3 is 10.2 Å². The van der Waals surface area contributed by atoms with Gasteiger partial charge in [-0.1, -0.05) is 41.9 Å². The number of amides is 2. The summed E-state index contributed by atoms with van der Waals surface area (Å²) in [4.78, 5) is 28.0. The van der Waals surface area contributed by atoms with Crippen molar-refractivity contribution >= 4 is 40.4 Å². The number of aromatic nitrogens is 2. The van der Waals surface area contributed by atoms with Gasteiger partial charge in [-0.25, -0.2) is 0 Å². The molecule has 0 fully saturated rings. The van der Waals surface area contributed by atoms with Crippen LogP contribution in [0.4, 0.5) is 5.69 Å². The van der Waals surface area contributed by atoms with E-state index in [0.29, 0.717) is 40.1 Å². The van der Waals surface area contributed by atoms with E-state index in [2.05, 4.69) is 22.5 Å². The van der Waals surface area contributed by atoms with Gasteiger partial charge in [-0.15, -0.1) is 11.3 Å². The summed E-state index contributed by atoms with van der Waals surface area (Å²) in [6.45, 7) is 1.62. The molecule has 1 aliphatic rings. The summed E-state index contributed by atoms with van der Waals surface area (Å²) >= 11 is 7.17. The van der Waals surface area contributed by atoms with E-state index in [1.165, 1.54) is 11.3 Å². The minimum atomic E-state index is -0.229. The molecule has 0 spiro atoms. The lowest BCUT2D eigenvalue weighted by atomic mass is 10.1. The SMILES string of the molecule is O=C(Nc1cccc2c1CN(Cc1cccc(Cn3cccn3)c1)C2=O)c1ccc(Cl)s1. The molecule has 2 aromatic carbocycles. The third kappa shape index (κ3) is 4.17. The molecule has 1 aliphatic heterocycles. The highest BCUT2D eigenvalue weighted by Gasteiger charge is 2.30. The third-order valence-electron chi connectivity index (χ3n) is 5.36. The topological polar surface area (TPSA) is 67.2 Å². The summed E-state index contributed by atoms with van der Waals surface area (Å²) in [5.74, 6) is -0.264. The molecular formula is C24H19ClN4O2S. The molecule has 32 heavy (non-hydrogen) atoms. The minimum Gasteiger partial charge on any atom is -0.330 e. The maximum Gasteiger partial charge on any atom is 0.265 e. The van der Waals surface area contributed by atoms with Crippen molar-refractivity contribution in [2.45, 2.75) is 19.6 Å². The Labute approximate surface area is 194 Å². The van der Waals surface area contributed by atoms with Crippen molar-refractivity contribution in [3.8, 4) is 0 Å². The maximum absolute atomic E-state index is 13.0. The van der Waals surface area contributed by atoms with Crippen molar-refractivity contribution in [2.75, 3.05) is 5.32 Å². The number of hydrogen-bond acceptors (Lipinski definition) is 4. The van der Waals surface area contributed by atoms with Crippen LogP contribution in [-0.2, 0) is 19.6 Å². The molecule has 0 unspecified atom stereocenters. The summed E-state index contributed by atoms with van der Waals surface area (Å²) in [5, 5.41) is 7.19. The normalized spacial score (nSPS) is 12.8. The van der Waals surface area contributed by atoms with Crippen LogP contribution in [0.5, 0.6) is 0 Å². The Bertz CT molecular complexity index is 1300. The molecule has 2 amide bonds. The smallest absolute Gasteiger partial charge is 0.265 e. The van der Waals surface area contributed by atoms with Crippen LogP contribution in [0.15, 0.2) is 73.1 Å². The molecule has 6 nitrogen and oxygen atoms in total. The van der Waals surface area contributed by atoms with E-state index in [1.54, 1.807) is 29.3 Å². The van der Waals surface area contributed by atoms with Gasteiger partial charge in [-0.05, 0) is 41.5 Å². The summed E-state index contributed by atoms with van der Waals surface area (Å²) in [7, 11) is 0. The molecule has 160 valence electrons. The van der Waals surface area contributed by atoms with E-state index >= 15 is 0 Å². The molecule has 0 saturated heterocycles. The number of thiophene rings is 1. The average molecular weight is 463 g/mol. The fourth-order valence-electron chi connectivity index (χ4n) is 3.88. The summed E-state index contributed by atoms with van der Waals surface area (Å²) in [6, 6.07) is 18.9. The number of rotatable bonds is 6. The number of nitrogens with zero attached hydrogens (tertiary/aromatic N) is 3. The molecule has 1 N–H and O–H groups in total. The predicted octanol–water partition coefficient (Wildman–Crippen LogP) is 5.05. The minimum absolute atomic E-state index is 0.0345. The van der Waals surface area contributed by atoms with Gasteiger partial charge in [0.2, 0.25) is 0 Å². The van der Waals surface area contributed by atoms with Gasteiger partial charge in [0, 0.05) is 42.3 Å². The Morgan fingerprint density at radius 3 is 2.62 bits per heavy atom. The number of fused-ring (bicyclic) bond motifs is 1. The third-order valence-corrected chi connectivity index (χ3v) is 6.59. The number of carbonyl (C=O) groups is 2. The van der Waals surface area contributed by atoms with E-state index in [0.717, 1.165) is 16.7 Å². The monoisotopic (exact) mass is 462 g/mol. The first-order valence-electron chi connectivity index (χ1n) is 10.1. The Morgan fingerprint density at radius 2 is 1.88 bits per heavy atom. The molecule has 2 aromatic heterocycles. The van der Waals surface area contributed by atoms with Crippen LogP contribution in [-0.4, -0.2) is 26.5 Å². The van der Waals surface area contributed by atoms with Crippen molar-refractivity contribution in [2.24, 2.45) is 0 Å². The first-order valence-corrected chi connectivity index (χ1v) is 11.3. The van der Waals surface area contributed by atoms with Gasteiger partial charge in [0.25, 0.3) is 11.8 Å². The molecule has 3 heterocycles. The standard InChI is InChI=1S/C24H19ClN4O2S/c25-22-9-8-21(32-22)23(30)27-20-7-2-6-18-19(20)15-28(24(18)31)13-16-4-1-5-17(12-16)14-29-11-3-10-26-29/h1-12H,13-15H2,(H,27,30). The number of carbonyl (C=O) groups excluding carboxylic acids is 2. The lowest BCUT2D eigenvalue weighted by Crippen LogP contribution is -2.23. The van der Waals surface area contributed by atoms with Crippen LogP contribution >= 0.6 is 22.9 Å². The Hall–Kier alpha value is -3.42. The Kier molecular flexibility index (Phi) is 5.51. The van der Waals surface area contributed by atoms with Gasteiger partial charge in [-0.2, -0.15) is 5.10 Å². The van der Waals surface area contributed by atoms with Gasteiger partial charge in [-0.3, -0.25) is 14.3 Å². The predicted molar refractivity (Wildman–Crippen MR) is 125 cm³/mol. The Balaban J connectivity index is 1.32. The van der Waals surface area contributed by atoms with Crippen molar-refractivity contribution in [1.29, 1.82) is 0 Å². The number of hydrogen-bond donors (Lipinski definition) is 1. The fourth-order valence-corrected chi connectivity index (χ4v) is 4.82. The second-order valence-electron chi connectivity index (χ2n) is 7.57. The first-order chi connectivity index (χ1) is 15.6. The van der Waals surface area contributed by atoms with Crippen LogP contribution in [0.1, 0.15) is 36.7 Å². The molecule has 4 aromatic rings. The van der Waals surface area contributed by atoms with Crippen molar-refractivity contribution in [3.05, 3.63) is 105 Å². The van der Waals surface area contributed by atoms with Crippen LogP contribution in [0.3, 0.4) is 0 Å². The lowest BCUT2D eigenvalue weighted by molar-refractivity contribution is 0.0766. The number of benzene rings is 2. The molecule has 0 saturated carbocycles. The largest absolute Gasteiger partial charge is 0.330 e. The molecular weight excluding hydrogens is 444 g/mol. The van der Waals surface area contributed by atoms with Gasteiger partial charge >= 0.3 is 0 Å². The zero-order valence-electron chi connectivity index (χ0n) is 17.0. The van der Waals surface area contributed by atoms with Crippen molar-refractivity contribution in [3.63, 3.8) is 0 Å². The summed E-state index contributed by atoms with van der Waals surface area (Å²) in [5.41, 5.74) is 4.29. The highest BCUT2D eigenvalue weighted by Crippen LogP contribution is 2.31. The highest BCUT2D eigenvalue weighted by atomic mass is 35.5. The molecule has 8 heteroatoms. The van der Waals surface area contributed by atoms with Crippen LogP contribution < -0.4 is 5.32 Å². The number of anilines is 1. The van der Waals surface area contributed by atoms with Crippen molar-refractivity contribution in [1.82, 2.24) is 14.7 Å². The van der Waals surface area contributed by atoms with Gasteiger partial charge in [0.15, 0.2) is 0 Å². The molecule has 0 atom stereocenters. The zero-order chi connectivity index (χ0) is 22.1. The van der Waals surface area contributed by atoms with Gasteiger partial charge in [0.1, 0.15) is 0 Å². The average Bonchev–Trinajstić information content (AvgIpc) is 3.51. The van der Waals surface area contributed by atoms with E-state index in [9.17, 15) is 9.59 Å². The second-order valence-corrected chi connectivity index (χ2v) is 9.29. The second kappa shape index (κ2) is 8.61. The van der Waals surface area contributed by atoms with Crippen molar-refractivity contribution < 1.29 is 9.59 Å². The molecule has 0 bridgehead atoms. The van der Waals surface area contributed by atoms with Crippen LogP contribution in [0.2, 0.25) is 4.34 Å². The van der Waals surface area contributed by atoms with Gasteiger partial charge in [0.05, 0.1) is 15.8 Å². The first kappa shape index (κ1) is 20.5. The quantitative estimate of drug-likeness (QED) is 0.435. The van der Waals surface area contributed by atoms with E-state index in [-0.39, 0.29) is 11.8 Å². The van der Waals surface area contributed by atoms with E-state index < -0.39 is 0 Å². The summed E-state index contributed by atoms with van der Waals surface area (Å²) in [6.07, 6.45) is 3.68. The zero-order valence-corrected chi connectivity index (χ0v) is 18.6. The fraction of sp³-hybridized carbons (Fsp3) is 0.125. The number of nitrogens with one attached hydrogen (secondary N) is 1. The molecule has 0 radical (unpaired) electrons. The molecule has 5 rings (SSSR count). The lowest BCUT2D eigenvalue weighted by Gasteiger charge is -2.16. The molecule has 0 aliphatic carbocycles. The maximum atomic E-state index is 13.0. The van der Waals surface area contributed by atoms with Crippen LogP contribution in [0.25, 0.3) is 0 Å². The number of halogens is 1. The highest BCUT2D eigenvalue weighted by molar-refractivity contribution is 7.18. The van der Waals surface area contributed by atoms with E-state index in [1.807, 2.05) is 41.2 Å².